The molecule has 0 aliphatic heterocycles. The second kappa shape index (κ2) is 4.17. The second-order valence-electron chi connectivity index (χ2n) is 3.51. The summed E-state index contributed by atoms with van der Waals surface area (Å²) in [4.78, 5) is 32.5. The van der Waals surface area contributed by atoms with Gasteiger partial charge in [0.1, 0.15) is 0 Å². The number of carboxylic acid groups (broad SMARTS) is 1. The minimum Gasteiger partial charge on any atom is -0.478 e. The molecule has 0 saturated heterocycles. The molecule has 0 spiro atoms. The summed E-state index contributed by atoms with van der Waals surface area (Å²) < 4.78 is 0. The molecule has 2 heterocycles. The van der Waals surface area contributed by atoms with Crippen LogP contribution in [0, 0.1) is 6.92 Å². The molecule has 2 aromatic rings. The number of aromatic nitrogens is 3. The van der Waals surface area contributed by atoms with Crippen LogP contribution in [0.25, 0.3) is 11.4 Å². The molecule has 86 valence electrons. The van der Waals surface area contributed by atoms with Gasteiger partial charge in [-0.3, -0.25) is 4.79 Å². The standard InChI is InChI=1S/C11H9N3O3/c1-6-3-13-10(14-4-6)8-5-12-9(15)2-7(8)11(16)17/h2-5H,1H3,(H,12,15)(H,16,17). The topological polar surface area (TPSA) is 95.9 Å². The summed E-state index contributed by atoms with van der Waals surface area (Å²) in [6.07, 6.45) is 4.47. The third-order valence-electron chi connectivity index (χ3n) is 2.18. The van der Waals surface area contributed by atoms with Crippen molar-refractivity contribution in [2.24, 2.45) is 0 Å². The number of aromatic amines is 1. The van der Waals surface area contributed by atoms with Crippen LogP contribution in [0.3, 0.4) is 0 Å². The minimum absolute atomic E-state index is 0.113. The first kappa shape index (κ1) is 11.0. The van der Waals surface area contributed by atoms with E-state index in [-0.39, 0.29) is 17.0 Å². The van der Waals surface area contributed by atoms with E-state index >= 15 is 0 Å². The lowest BCUT2D eigenvalue weighted by atomic mass is 10.1. The second-order valence-corrected chi connectivity index (χ2v) is 3.51. The molecule has 0 aromatic carbocycles. The maximum absolute atomic E-state index is 11.1. The smallest absolute Gasteiger partial charge is 0.336 e. The van der Waals surface area contributed by atoms with E-state index in [4.69, 9.17) is 5.11 Å². The van der Waals surface area contributed by atoms with Crippen molar-refractivity contribution in [1.82, 2.24) is 15.0 Å². The molecule has 0 saturated carbocycles. The molecule has 0 radical (unpaired) electrons. The van der Waals surface area contributed by atoms with Crippen molar-refractivity contribution in [3.63, 3.8) is 0 Å². The summed E-state index contributed by atoms with van der Waals surface area (Å²) >= 11 is 0. The largest absolute Gasteiger partial charge is 0.478 e. The Bertz CT molecular complexity index is 617. The van der Waals surface area contributed by atoms with Crippen LogP contribution in [0.1, 0.15) is 15.9 Å². The van der Waals surface area contributed by atoms with Gasteiger partial charge in [0.25, 0.3) is 0 Å². The lowest BCUT2D eigenvalue weighted by Gasteiger charge is -2.03. The van der Waals surface area contributed by atoms with E-state index in [1.807, 2.05) is 6.92 Å². The summed E-state index contributed by atoms with van der Waals surface area (Å²) in [7, 11) is 0. The highest BCUT2D eigenvalue weighted by Crippen LogP contribution is 2.17. The number of nitrogens with one attached hydrogen (secondary N) is 1. The van der Waals surface area contributed by atoms with Gasteiger partial charge in [0, 0.05) is 30.2 Å². The fourth-order valence-electron chi connectivity index (χ4n) is 1.37. The van der Waals surface area contributed by atoms with E-state index in [1.165, 1.54) is 6.20 Å². The molecule has 0 bridgehead atoms. The fraction of sp³-hybridized carbons (Fsp3) is 0.0909. The van der Waals surface area contributed by atoms with Gasteiger partial charge < -0.3 is 10.1 Å². The summed E-state index contributed by atoms with van der Waals surface area (Å²) in [5.41, 5.74) is 0.572. The molecule has 0 fully saturated rings. The summed E-state index contributed by atoms with van der Waals surface area (Å²) in [5, 5.41) is 9.00. The Morgan fingerprint density at radius 1 is 1.35 bits per heavy atom. The van der Waals surface area contributed by atoms with Crippen molar-refractivity contribution in [3.8, 4) is 11.4 Å². The third-order valence-corrected chi connectivity index (χ3v) is 2.18. The third kappa shape index (κ3) is 2.20. The molecule has 2 rings (SSSR count). The summed E-state index contributed by atoms with van der Waals surface area (Å²) in [5.74, 6) is -0.917. The van der Waals surface area contributed by atoms with Crippen LogP contribution >= 0.6 is 0 Å². The van der Waals surface area contributed by atoms with Gasteiger partial charge in [-0.2, -0.15) is 0 Å². The van der Waals surface area contributed by atoms with Crippen molar-refractivity contribution in [2.45, 2.75) is 6.92 Å². The first-order valence-electron chi connectivity index (χ1n) is 4.83. The highest BCUT2D eigenvalue weighted by molar-refractivity contribution is 5.94. The Labute approximate surface area is 96.0 Å². The molecule has 17 heavy (non-hydrogen) atoms. The predicted octanol–water partition coefficient (Wildman–Crippen LogP) is 0.839. The number of hydrogen-bond acceptors (Lipinski definition) is 4. The monoisotopic (exact) mass is 231 g/mol. The van der Waals surface area contributed by atoms with E-state index < -0.39 is 11.5 Å². The van der Waals surface area contributed by atoms with Gasteiger partial charge in [-0.15, -0.1) is 0 Å². The van der Waals surface area contributed by atoms with Gasteiger partial charge >= 0.3 is 5.97 Å². The zero-order valence-electron chi connectivity index (χ0n) is 8.97. The number of hydrogen-bond donors (Lipinski definition) is 2. The van der Waals surface area contributed by atoms with Crippen LogP contribution in [0.4, 0.5) is 0 Å². The number of H-pyrrole nitrogens is 1. The highest BCUT2D eigenvalue weighted by atomic mass is 16.4. The van der Waals surface area contributed by atoms with E-state index in [2.05, 4.69) is 15.0 Å². The molecule has 0 aliphatic rings. The van der Waals surface area contributed by atoms with Gasteiger partial charge in [-0.1, -0.05) is 0 Å². The van der Waals surface area contributed by atoms with Gasteiger partial charge in [0.05, 0.1) is 5.56 Å². The molecular weight excluding hydrogens is 222 g/mol. The highest BCUT2D eigenvalue weighted by Gasteiger charge is 2.14. The zero-order chi connectivity index (χ0) is 12.4. The van der Waals surface area contributed by atoms with Crippen molar-refractivity contribution < 1.29 is 9.90 Å². The molecule has 2 aromatic heterocycles. The van der Waals surface area contributed by atoms with E-state index in [0.29, 0.717) is 0 Å². The van der Waals surface area contributed by atoms with Crippen molar-refractivity contribution >= 4 is 5.97 Å². The maximum atomic E-state index is 11.1. The van der Waals surface area contributed by atoms with Crippen LogP contribution in [0.2, 0.25) is 0 Å². The lowest BCUT2D eigenvalue weighted by Crippen LogP contribution is -2.11. The Morgan fingerprint density at radius 3 is 2.59 bits per heavy atom. The Morgan fingerprint density at radius 2 is 2.00 bits per heavy atom. The molecule has 0 aliphatic carbocycles. The number of pyridine rings is 1. The first-order valence-corrected chi connectivity index (χ1v) is 4.83. The van der Waals surface area contributed by atoms with E-state index in [9.17, 15) is 9.59 Å². The van der Waals surface area contributed by atoms with Gasteiger partial charge in [0.2, 0.25) is 5.56 Å². The van der Waals surface area contributed by atoms with Crippen molar-refractivity contribution in [3.05, 3.63) is 46.1 Å². The Kier molecular flexibility index (Phi) is 2.70. The average molecular weight is 231 g/mol. The van der Waals surface area contributed by atoms with Crippen LogP contribution < -0.4 is 5.56 Å². The number of rotatable bonds is 2. The fourth-order valence-corrected chi connectivity index (χ4v) is 1.37. The Balaban J connectivity index is 2.62. The molecule has 2 N–H and O–H groups in total. The summed E-state index contributed by atoms with van der Waals surface area (Å²) in [6.45, 7) is 1.83. The molecule has 0 atom stereocenters. The SMILES string of the molecule is Cc1cnc(-c2c[nH]c(=O)cc2C(=O)O)nc1. The number of aryl methyl sites for hydroxylation is 1. The molecule has 0 amide bonds. The predicted molar refractivity (Wildman–Crippen MR) is 59.8 cm³/mol. The minimum atomic E-state index is -1.18. The maximum Gasteiger partial charge on any atom is 0.336 e. The van der Waals surface area contributed by atoms with Crippen molar-refractivity contribution in [2.75, 3.05) is 0 Å². The van der Waals surface area contributed by atoms with Gasteiger partial charge in [-0.25, -0.2) is 14.8 Å². The molecular formula is C11H9N3O3. The zero-order valence-corrected chi connectivity index (χ0v) is 8.97. The van der Waals surface area contributed by atoms with Crippen LogP contribution in [0.5, 0.6) is 0 Å². The molecule has 6 nitrogen and oxygen atoms in total. The number of carboxylic acids is 1. The van der Waals surface area contributed by atoms with E-state index in [1.54, 1.807) is 12.4 Å². The van der Waals surface area contributed by atoms with Crippen LogP contribution in [-0.2, 0) is 0 Å². The van der Waals surface area contributed by atoms with Crippen LogP contribution in [0.15, 0.2) is 29.5 Å². The molecule has 0 unspecified atom stereocenters. The van der Waals surface area contributed by atoms with Crippen LogP contribution in [-0.4, -0.2) is 26.0 Å². The van der Waals surface area contributed by atoms with Gasteiger partial charge in [0.15, 0.2) is 5.82 Å². The number of carbonyl (C=O) groups is 1. The first-order chi connectivity index (χ1) is 8.08. The lowest BCUT2D eigenvalue weighted by molar-refractivity contribution is 0.0697. The number of aromatic carboxylic acids is 1. The summed E-state index contributed by atoms with van der Waals surface area (Å²) in [6, 6.07) is 1.01. The number of nitrogens with zero attached hydrogens (tertiary/aromatic N) is 2. The van der Waals surface area contributed by atoms with Gasteiger partial charge in [-0.05, 0) is 12.5 Å². The molecule has 6 heteroatoms. The van der Waals surface area contributed by atoms with E-state index in [0.717, 1.165) is 11.6 Å². The Hall–Kier alpha value is -2.50. The normalized spacial score (nSPS) is 10.2. The quantitative estimate of drug-likeness (QED) is 0.798. The average Bonchev–Trinajstić information content (AvgIpc) is 2.30. The van der Waals surface area contributed by atoms with Crippen molar-refractivity contribution in [1.29, 1.82) is 0 Å².